The van der Waals surface area contributed by atoms with Crippen LogP contribution < -0.4 is 24.5 Å². The average molecular weight is 568 g/mol. The summed E-state index contributed by atoms with van der Waals surface area (Å²) >= 11 is 0. The SMILES string of the molecule is O=P([O-])(O)CN(CCN(CP(=O)([O-])O)CP(=O)([O-])O)CCN(CP(=O)([O-])O)CP(=O)([O-])O. The molecule has 5 atom stereocenters. The second-order valence-electron chi connectivity index (χ2n) is 6.80. The van der Waals surface area contributed by atoms with Gasteiger partial charge in [0.2, 0.25) is 0 Å². The summed E-state index contributed by atoms with van der Waals surface area (Å²) in [5.41, 5.74) is 0. The fraction of sp³-hybridized carbons (Fsp3) is 1.00. The minimum atomic E-state index is -5.06. The lowest BCUT2D eigenvalue weighted by atomic mass is 10.4. The van der Waals surface area contributed by atoms with Gasteiger partial charge in [-0.3, -0.25) is 14.7 Å². The van der Waals surface area contributed by atoms with Crippen LogP contribution in [-0.2, 0) is 22.8 Å². The zero-order valence-corrected chi connectivity index (χ0v) is 20.7. The Morgan fingerprint density at radius 1 is 0.406 bits per heavy atom. The predicted octanol–water partition coefficient (Wildman–Crippen LogP) is -5.59. The molecule has 0 rings (SSSR count). The van der Waals surface area contributed by atoms with Crippen molar-refractivity contribution in [3.8, 4) is 0 Å². The summed E-state index contributed by atoms with van der Waals surface area (Å²) in [5, 5.41) is 0. The van der Waals surface area contributed by atoms with E-state index >= 15 is 0 Å². The second-order valence-corrected chi connectivity index (χ2v) is 14.6. The molecule has 0 aliphatic heterocycles. The standard InChI is InChI=1S/C9H28N3O15P5/c13-28(14,15)5-10(1-3-11(6-29(16,17)18)7-30(19,20)21)2-4-12(8-31(22,23)24)9-32(25,26)27/h1-9H2,(H2,13,14,15)(H2,16,17,18)(H2,19,20,21)(H2,22,23,24)(H2,25,26,27)/p-5. The Morgan fingerprint density at radius 3 is 0.750 bits per heavy atom. The summed E-state index contributed by atoms with van der Waals surface area (Å²) in [5.74, 6) is 0. The summed E-state index contributed by atoms with van der Waals surface area (Å²) < 4.78 is 55.4. The van der Waals surface area contributed by atoms with Crippen molar-refractivity contribution in [2.24, 2.45) is 0 Å². The van der Waals surface area contributed by atoms with E-state index in [9.17, 15) is 47.3 Å². The van der Waals surface area contributed by atoms with E-state index in [1.807, 2.05) is 0 Å². The van der Waals surface area contributed by atoms with Crippen LogP contribution in [0.3, 0.4) is 0 Å². The van der Waals surface area contributed by atoms with Crippen LogP contribution in [0.15, 0.2) is 0 Å². The van der Waals surface area contributed by atoms with Crippen LogP contribution in [0.25, 0.3) is 0 Å². The van der Waals surface area contributed by atoms with Crippen LogP contribution in [0.5, 0.6) is 0 Å². The van der Waals surface area contributed by atoms with Gasteiger partial charge in [-0.25, -0.2) is 0 Å². The van der Waals surface area contributed by atoms with Crippen molar-refractivity contribution in [2.75, 3.05) is 57.6 Å². The third-order valence-electron chi connectivity index (χ3n) is 3.36. The molecule has 0 aliphatic carbocycles. The van der Waals surface area contributed by atoms with Gasteiger partial charge < -0.3 is 71.8 Å². The lowest BCUT2D eigenvalue weighted by molar-refractivity contribution is -0.200. The Morgan fingerprint density at radius 2 is 0.562 bits per heavy atom. The van der Waals surface area contributed by atoms with Crippen LogP contribution in [0.2, 0.25) is 0 Å². The zero-order valence-electron chi connectivity index (χ0n) is 16.3. The first-order valence-corrected chi connectivity index (χ1v) is 17.1. The van der Waals surface area contributed by atoms with E-state index in [0.29, 0.717) is 9.80 Å². The maximum absolute atomic E-state index is 11.2. The van der Waals surface area contributed by atoms with Crippen molar-refractivity contribution < 1.29 is 71.8 Å². The molecule has 0 fully saturated rings. The Hall–Kier alpha value is 0.630. The topological polar surface area (TPSA) is 312 Å². The van der Waals surface area contributed by atoms with Gasteiger partial charge in [-0.15, -0.1) is 0 Å². The molecule has 5 unspecified atom stereocenters. The summed E-state index contributed by atoms with van der Waals surface area (Å²) in [6.07, 6.45) is -6.12. The van der Waals surface area contributed by atoms with Crippen LogP contribution >= 0.6 is 38.0 Å². The first kappa shape index (κ1) is 32.6. The van der Waals surface area contributed by atoms with Gasteiger partial charge in [-0.05, 0) is 0 Å². The highest BCUT2D eigenvalue weighted by atomic mass is 31.2. The Bertz CT molecular complexity index is 720. The van der Waals surface area contributed by atoms with Crippen molar-refractivity contribution in [3.63, 3.8) is 0 Å². The molecule has 18 nitrogen and oxygen atoms in total. The first-order chi connectivity index (χ1) is 13.9. The van der Waals surface area contributed by atoms with E-state index in [4.69, 9.17) is 24.5 Å². The monoisotopic (exact) mass is 568 g/mol. The van der Waals surface area contributed by atoms with E-state index in [1.54, 1.807) is 0 Å². The van der Waals surface area contributed by atoms with Gasteiger partial charge in [0.15, 0.2) is 0 Å². The minimum Gasteiger partial charge on any atom is -0.778 e. The Balaban J connectivity index is 5.41. The lowest BCUT2D eigenvalue weighted by Crippen LogP contribution is -2.42. The Kier molecular flexibility index (Phi) is 12.8. The summed E-state index contributed by atoms with van der Waals surface area (Å²) in [4.78, 5) is 102. The third kappa shape index (κ3) is 21.2. The smallest absolute Gasteiger partial charge is 0.146 e. The fourth-order valence-electron chi connectivity index (χ4n) is 2.45. The molecule has 0 saturated heterocycles. The molecular formula is C9H23N3O15P5-5. The molecule has 0 aromatic carbocycles. The number of nitrogens with zero attached hydrogens (tertiary/aromatic N) is 3. The molecule has 0 spiro atoms. The van der Waals surface area contributed by atoms with Gasteiger partial charge in [-0.2, -0.15) is 0 Å². The van der Waals surface area contributed by atoms with Crippen molar-refractivity contribution in [3.05, 3.63) is 0 Å². The fourth-order valence-corrected chi connectivity index (χ4v) is 6.55. The van der Waals surface area contributed by atoms with Crippen LogP contribution in [0.4, 0.5) is 0 Å². The van der Waals surface area contributed by atoms with Gasteiger partial charge >= 0.3 is 0 Å². The van der Waals surface area contributed by atoms with Crippen LogP contribution in [0.1, 0.15) is 0 Å². The normalized spacial score (nSPS) is 22.2. The molecule has 0 amide bonds. The summed E-state index contributed by atoms with van der Waals surface area (Å²) in [7, 11) is -25.3. The largest absolute Gasteiger partial charge is 0.778 e. The van der Waals surface area contributed by atoms with Crippen molar-refractivity contribution in [1.29, 1.82) is 0 Å². The van der Waals surface area contributed by atoms with E-state index in [0.717, 1.165) is 4.90 Å². The average Bonchev–Trinajstić information content (AvgIpc) is 2.41. The van der Waals surface area contributed by atoms with Crippen molar-refractivity contribution in [2.45, 2.75) is 0 Å². The van der Waals surface area contributed by atoms with E-state index in [1.165, 1.54) is 0 Å². The highest BCUT2D eigenvalue weighted by molar-refractivity contribution is 7.51. The lowest BCUT2D eigenvalue weighted by Gasteiger charge is -2.35. The van der Waals surface area contributed by atoms with E-state index < -0.39 is 95.6 Å². The molecule has 194 valence electrons. The molecule has 23 heteroatoms. The molecule has 32 heavy (non-hydrogen) atoms. The molecule has 0 aromatic rings. The molecular weight excluding hydrogens is 545 g/mol. The van der Waals surface area contributed by atoms with Gasteiger partial charge in [0.1, 0.15) is 38.0 Å². The van der Waals surface area contributed by atoms with E-state index in [2.05, 4.69) is 0 Å². The second kappa shape index (κ2) is 12.5. The molecule has 0 saturated carbocycles. The quantitative estimate of drug-likeness (QED) is 0.108. The van der Waals surface area contributed by atoms with Gasteiger partial charge in [0.05, 0.1) is 31.4 Å². The van der Waals surface area contributed by atoms with Crippen LogP contribution in [0, 0.1) is 0 Å². The van der Waals surface area contributed by atoms with E-state index in [-0.39, 0.29) is 0 Å². The molecule has 0 radical (unpaired) electrons. The number of hydrogen-bond acceptors (Lipinski definition) is 13. The number of hydrogen-bond donors (Lipinski definition) is 5. The number of rotatable bonds is 16. The van der Waals surface area contributed by atoms with Crippen LogP contribution in [-0.4, -0.2) is 96.8 Å². The maximum Gasteiger partial charge on any atom is 0.146 e. The van der Waals surface area contributed by atoms with Gasteiger partial charge in [-0.1, -0.05) is 0 Å². The zero-order chi connectivity index (χ0) is 25.6. The third-order valence-corrected chi connectivity index (χ3v) is 7.15. The minimum absolute atomic E-state index is 0.512. The van der Waals surface area contributed by atoms with Crippen molar-refractivity contribution in [1.82, 2.24) is 14.7 Å². The molecule has 5 N–H and O–H groups in total. The van der Waals surface area contributed by atoms with Gasteiger partial charge in [0, 0.05) is 26.2 Å². The molecule has 0 heterocycles. The van der Waals surface area contributed by atoms with Crippen molar-refractivity contribution >= 4 is 38.0 Å². The molecule has 0 bridgehead atoms. The predicted molar refractivity (Wildman–Crippen MR) is 98.4 cm³/mol. The van der Waals surface area contributed by atoms with Gasteiger partial charge in [0.25, 0.3) is 0 Å². The molecule has 0 aliphatic rings. The highest BCUT2D eigenvalue weighted by Gasteiger charge is 2.21. The molecule has 0 aromatic heterocycles. The highest BCUT2D eigenvalue weighted by Crippen LogP contribution is 2.37. The Labute approximate surface area is 182 Å². The summed E-state index contributed by atoms with van der Waals surface area (Å²) in [6, 6.07) is 0. The first-order valence-electron chi connectivity index (χ1n) is 8.25. The summed E-state index contributed by atoms with van der Waals surface area (Å²) in [6.45, 7) is -2.30. The maximum atomic E-state index is 11.2.